The molecule has 1 saturated heterocycles. The summed E-state index contributed by atoms with van der Waals surface area (Å²) in [7, 11) is 0. The number of hydrogen-bond acceptors (Lipinski definition) is 4. The summed E-state index contributed by atoms with van der Waals surface area (Å²) in [4.78, 5) is 29.6. The number of Topliss-reactive ketones (excluding diaryl/α,β-unsaturated/α-hetero) is 1. The van der Waals surface area contributed by atoms with Gasteiger partial charge in [-0.25, -0.2) is 0 Å². The van der Waals surface area contributed by atoms with Gasteiger partial charge in [0.15, 0.2) is 11.5 Å². The van der Waals surface area contributed by atoms with E-state index in [1.165, 1.54) is 16.3 Å². The third kappa shape index (κ3) is 3.33. The number of nitrogens with zero attached hydrogens (tertiary/aromatic N) is 2. The van der Waals surface area contributed by atoms with E-state index in [9.17, 15) is 9.59 Å². The van der Waals surface area contributed by atoms with Gasteiger partial charge in [-0.05, 0) is 29.7 Å². The second-order valence-corrected chi connectivity index (χ2v) is 8.34. The molecule has 0 radical (unpaired) electrons. The normalized spacial score (nSPS) is 17.4. The molecule has 2 heterocycles. The van der Waals surface area contributed by atoms with Crippen LogP contribution < -0.4 is 0 Å². The quantitative estimate of drug-likeness (QED) is 0.658. The predicted molar refractivity (Wildman–Crippen MR) is 116 cm³/mol. The Morgan fingerprint density at radius 1 is 1.00 bits per heavy atom. The Morgan fingerprint density at radius 3 is 2.57 bits per heavy atom. The maximum absolute atomic E-state index is 13.1. The number of hydrogen-bond donors (Lipinski definition) is 0. The molecule has 5 rings (SSSR count). The van der Waals surface area contributed by atoms with E-state index in [4.69, 9.17) is 4.42 Å². The fraction of sp³-hybridized carbons (Fsp3) is 0.360. The summed E-state index contributed by atoms with van der Waals surface area (Å²) < 4.78 is 5.87. The number of fused-ring (bicyclic) bond motifs is 2. The van der Waals surface area contributed by atoms with Crippen molar-refractivity contribution in [1.82, 2.24) is 9.80 Å². The fourth-order valence-corrected chi connectivity index (χ4v) is 4.78. The first-order chi connectivity index (χ1) is 14.6. The van der Waals surface area contributed by atoms with Gasteiger partial charge in [0.05, 0.1) is 5.56 Å². The summed E-state index contributed by atoms with van der Waals surface area (Å²) in [6.07, 6.45) is 2.10. The molecule has 0 spiro atoms. The predicted octanol–water partition coefficient (Wildman–Crippen LogP) is 4.22. The molecule has 0 N–H and O–H groups in total. The van der Waals surface area contributed by atoms with E-state index in [0.717, 1.165) is 38.0 Å². The number of ketones is 1. The van der Waals surface area contributed by atoms with Gasteiger partial charge in [0.2, 0.25) is 0 Å². The summed E-state index contributed by atoms with van der Waals surface area (Å²) >= 11 is 0. The first-order valence-electron chi connectivity index (χ1n) is 10.8. The fourth-order valence-electron chi connectivity index (χ4n) is 4.78. The van der Waals surface area contributed by atoms with Crippen molar-refractivity contribution in [1.29, 1.82) is 0 Å². The second-order valence-electron chi connectivity index (χ2n) is 8.34. The average Bonchev–Trinajstić information content (AvgIpc) is 3.12. The Bertz CT molecular complexity index is 1120. The van der Waals surface area contributed by atoms with Gasteiger partial charge in [0.1, 0.15) is 5.76 Å². The Morgan fingerprint density at radius 2 is 1.77 bits per heavy atom. The Labute approximate surface area is 176 Å². The van der Waals surface area contributed by atoms with Gasteiger partial charge >= 0.3 is 0 Å². The van der Waals surface area contributed by atoms with E-state index in [0.29, 0.717) is 36.6 Å². The molecule has 1 aromatic heterocycles. The minimum absolute atomic E-state index is 0.0838. The molecule has 0 atom stereocenters. The third-order valence-corrected chi connectivity index (χ3v) is 6.43. The maximum Gasteiger partial charge on any atom is 0.289 e. The Hall–Kier alpha value is -2.92. The number of carbonyl (C=O) groups is 2. The van der Waals surface area contributed by atoms with Crippen LogP contribution in [-0.4, -0.2) is 47.7 Å². The maximum atomic E-state index is 13.1. The number of carbonyl (C=O) groups excluding carboxylic acids is 2. The molecule has 0 saturated carbocycles. The van der Waals surface area contributed by atoms with E-state index in [1.54, 1.807) is 0 Å². The Balaban J connectivity index is 1.27. The summed E-state index contributed by atoms with van der Waals surface area (Å²) in [6, 6.07) is 14.9. The molecule has 2 aliphatic rings. The number of aryl methyl sites for hydroxylation is 1. The summed E-state index contributed by atoms with van der Waals surface area (Å²) in [6.45, 7) is 5.72. The third-order valence-electron chi connectivity index (χ3n) is 6.43. The van der Waals surface area contributed by atoms with Crippen molar-refractivity contribution in [2.45, 2.75) is 32.7 Å². The summed E-state index contributed by atoms with van der Waals surface area (Å²) in [5.41, 5.74) is 2.69. The molecule has 0 unspecified atom stereocenters. The minimum atomic E-state index is -0.0838. The monoisotopic (exact) mass is 402 g/mol. The molecule has 1 fully saturated rings. The van der Waals surface area contributed by atoms with Crippen LogP contribution in [0.15, 0.2) is 46.9 Å². The zero-order chi connectivity index (χ0) is 20.7. The van der Waals surface area contributed by atoms with Gasteiger partial charge < -0.3 is 9.32 Å². The summed E-state index contributed by atoms with van der Waals surface area (Å²) in [5, 5.41) is 2.55. The van der Waals surface area contributed by atoms with Gasteiger partial charge in [-0.2, -0.15) is 0 Å². The SMILES string of the molecule is Cc1c(C(=O)N2CCN(Cc3cccc4ccccc34)CC2)oc2c1C(=O)CCC2. The van der Waals surface area contributed by atoms with Gasteiger partial charge in [-0.15, -0.1) is 0 Å². The molecule has 5 heteroatoms. The number of amides is 1. The van der Waals surface area contributed by atoms with E-state index < -0.39 is 0 Å². The van der Waals surface area contributed by atoms with Gasteiger partial charge in [-0.3, -0.25) is 14.5 Å². The van der Waals surface area contributed by atoms with Crippen LogP contribution in [0.3, 0.4) is 0 Å². The van der Waals surface area contributed by atoms with Gasteiger partial charge in [0.25, 0.3) is 5.91 Å². The molecule has 1 amide bonds. The van der Waals surface area contributed by atoms with Crippen molar-refractivity contribution >= 4 is 22.5 Å². The van der Waals surface area contributed by atoms with Crippen molar-refractivity contribution in [3.8, 4) is 0 Å². The molecule has 5 nitrogen and oxygen atoms in total. The molecule has 154 valence electrons. The minimum Gasteiger partial charge on any atom is -0.455 e. The van der Waals surface area contributed by atoms with Crippen LogP contribution >= 0.6 is 0 Å². The number of rotatable bonds is 3. The highest BCUT2D eigenvalue weighted by Crippen LogP contribution is 2.30. The van der Waals surface area contributed by atoms with Gasteiger partial charge in [-0.1, -0.05) is 42.5 Å². The lowest BCUT2D eigenvalue weighted by Crippen LogP contribution is -2.48. The molecule has 1 aliphatic heterocycles. The highest BCUT2D eigenvalue weighted by molar-refractivity contribution is 6.03. The Kier molecular flexibility index (Phi) is 4.91. The highest BCUT2D eigenvalue weighted by Gasteiger charge is 2.32. The van der Waals surface area contributed by atoms with Crippen molar-refractivity contribution in [3.63, 3.8) is 0 Å². The molecule has 3 aromatic rings. The lowest BCUT2D eigenvalue weighted by atomic mass is 9.94. The highest BCUT2D eigenvalue weighted by atomic mass is 16.4. The van der Waals surface area contributed by atoms with Crippen LogP contribution in [0.5, 0.6) is 0 Å². The van der Waals surface area contributed by atoms with Crippen molar-refractivity contribution in [3.05, 3.63) is 70.7 Å². The van der Waals surface area contributed by atoms with Crippen LogP contribution in [0.25, 0.3) is 10.8 Å². The number of piperazine rings is 1. The van der Waals surface area contributed by atoms with Crippen LogP contribution in [0, 0.1) is 6.92 Å². The average molecular weight is 402 g/mol. The van der Waals surface area contributed by atoms with Crippen LogP contribution in [0.2, 0.25) is 0 Å². The van der Waals surface area contributed by atoms with E-state index in [-0.39, 0.29) is 11.7 Å². The molecular formula is C25H26N2O3. The zero-order valence-corrected chi connectivity index (χ0v) is 17.3. The second kappa shape index (κ2) is 7.73. The first-order valence-corrected chi connectivity index (χ1v) is 10.8. The van der Waals surface area contributed by atoms with Crippen LogP contribution in [0.4, 0.5) is 0 Å². The number of furan rings is 1. The lowest BCUT2D eigenvalue weighted by molar-refractivity contribution is 0.0595. The van der Waals surface area contributed by atoms with Gasteiger partial charge in [0, 0.05) is 51.1 Å². The van der Waals surface area contributed by atoms with Crippen molar-refractivity contribution in [2.24, 2.45) is 0 Å². The summed E-state index contributed by atoms with van der Waals surface area (Å²) in [5.74, 6) is 1.08. The number of benzene rings is 2. The molecule has 2 aromatic carbocycles. The van der Waals surface area contributed by atoms with E-state index in [2.05, 4.69) is 47.4 Å². The standard InChI is InChI=1S/C25H26N2O3/c1-17-23-21(28)10-5-11-22(23)30-24(17)25(29)27-14-12-26(13-15-27)16-19-8-4-7-18-6-2-3-9-20(18)19/h2-4,6-9H,5,10-16H2,1H3. The van der Waals surface area contributed by atoms with Crippen molar-refractivity contribution < 1.29 is 14.0 Å². The topological polar surface area (TPSA) is 53.8 Å². The molecule has 1 aliphatic carbocycles. The lowest BCUT2D eigenvalue weighted by Gasteiger charge is -2.34. The van der Waals surface area contributed by atoms with Crippen molar-refractivity contribution in [2.75, 3.05) is 26.2 Å². The molecular weight excluding hydrogens is 376 g/mol. The van der Waals surface area contributed by atoms with Crippen LogP contribution in [0.1, 0.15) is 50.6 Å². The van der Waals surface area contributed by atoms with E-state index in [1.807, 2.05) is 11.8 Å². The first kappa shape index (κ1) is 19.1. The van der Waals surface area contributed by atoms with E-state index >= 15 is 0 Å². The molecule has 30 heavy (non-hydrogen) atoms. The molecule has 0 bridgehead atoms. The largest absolute Gasteiger partial charge is 0.455 e. The smallest absolute Gasteiger partial charge is 0.289 e. The zero-order valence-electron chi connectivity index (χ0n) is 17.3. The van der Waals surface area contributed by atoms with Crippen LogP contribution in [-0.2, 0) is 13.0 Å².